The molecule has 6 rings (SSSR count). The van der Waals surface area contributed by atoms with Gasteiger partial charge in [-0.05, 0) is 55.8 Å². The molecule has 0 spiro atoms. The lowest BCUT2D eigenvalue weighted by atomic mass is 9.86. The Hall–Kier alpha value is -3.83. The summed E-state index contributed by atoms with van der Waals surface area (Å²) in [4.78, 5) is 46.8. The monoisotopic (exact) mass is 532 g/mol. The van der Waals surface area contributed by atoms with Crippen LogP contribution in [0.1, 0.15) is 12.8 Å². The SMILES string of the molecule is C=CC(=O)N1CC[C@@H](NC(=O)C2=C3NC(=O)N(c4ccc(Oc5ccccn5)cc4)C4CCNC(S2)C34)C1. The molecule has 196 valence electrons. The number of ether oxygens (including phenoxy) is 1. The number of thioether (sulfide) groups is 1. The number of benzene rings is 1. The van der Waals surface area contributed by atoms with Crippen LogP contribution < -0.4 is 25.6 Å². The molecule has 0 bridgehead atoms. The summed E-state index contributed by atoms with van der Waals surface area (Å²) in [6.07, 6.45) is 4.41. The van der Waals surface area contributed by atoms with E-state index in [-0.39, 0.29) is 41.2 Å². The van der Waals surface area contributed by atoms with Gasteiger partial charge < -0.3 is 25.6 Å². The van der Waals surface area contributed by atoms with Gasteiger partial charge in [-0.2, -0.15) is 0 Å². The summed E-state index contributed by atoms with van der Waals surface area (Å²) in [7, 11) is 0. The third kappa shape index (κ3) is 4.52. The number of nitrogens with zero attached hydrogens (tertiary/aromatic N) is 3. The van der Waals surface area contributed by atoms with E-state index in [1.54, 1.807) is 22.1 Å². The highest BCUT2D eigenvalue weighted by Gasteiger charge is 2.51. The highest BCUT2D eigenvalue weighted by atomic mass is 32.2. The van der Waals surface area contributed by atoms with E-state index in [1.807, 2.05) is 36.4 Å². The molecule has 0 saturated carbocycles. The van der Waals surface area contributed by atoms with Crippen molar-refractivity contribution < 1.29 is 19.1 Å². The number of nitrogens with one attached hydrogen (secondary N) is 3. The molecule has 4 atom stereocenters. The molecule has 11 heteroatoms. The van der Waals surface area contributed by atoms with E-state index in [4.69, 9.17) is 4.74 Å². The molecule has 4 aliphatic rings. The third-order valence-electron chi connectivity index (χ3n) is 7.33. The van der Waals surface area contributed by atoms with E-state index in [1.165, 1.54) is 17.8 Å². The van der Waals surface area contributed by atoms with Crippen LogP contribution >= 0.6 is 11.8 Å². The minimum Gasteiger partial charge on any atom is -0.439 e. The second kappa shape index (κ2) is 10.1. The van der Waals surface area contributed by atoms with Gasteiger partial charge in [0.2, 0.25) is 11.8 Å². The predicted molar refractivity (Wildman–Crippen MR) is 143 cm³/mol. The topological polar surface area (TPSA) is 116 Å². The number of hydrogen-bond donors (Lipinski definition) is 3. The molecule has 3 saturated heterocycles. The van der Waals surface area contributed by atoms with Gasteiger partial charge in [0.25, 0.3) is 5.91 Å². The number of likely N-dealkylation sites (tertiary alicyclic amines) is 1. The summed E-state index contributed by atoms with van der Waals surface area (Å²) >= 11 is 1.47. The van der Waals surface area contributed by atoms with Gasteiger partial charge in [0.05, 0.1) is 16.3 Å². The van der Waals surface area contributed by atoms with Gasteiger partial charge in [0, 0.05) is 48.7 Å². The zero-order valence-electron chi connectivity index (χ0n) is 20.6. The largest absolute Gasteiger partial charge is 0.439 e. The first-order valence-electron chi connectivity index (χ1n) is 12.7. The molecule has 1 aromatic heterocycles. The summed E-state index contributed by atoms with van der Waals surface area (Å²) in [5, 5.41) is 9.60. The molecule has 38 heavy (non-hydrogen) atoms. The second-order valence-corrected chi connectivity index (χ2v) is 10.8. The van der Waals surface area contributed by atoms with E-state index in [2.05, 4.69) is 27.5 Å². The fourth-order valence-corrected chi connectivity index (χ4v) is 6.98. The average Bonchev–Trinajstić information content (AvgIpc) is 3.55. The fraction of sp³-hybridized carbons (Fsp3) is 0.333. The van der Waals surface area contributed by atoms with Gasteiger partial charge >= 0.3 is 6.03 Å². The summed E-state index contributed by atoms with van der Waals surface area (Å²) in [6.45, 7) is 5.32. The molecule has 3 unspecified atom stereocenters. The maximum Gasteiger partial charge on any atom is 0.326 e. The van der Waals surface area contributed by atoms with Crippen LogP contribution in [0.25, 0.3) is 0 Å². The van der Waals surface area contributed by atoms with Gasteiger partial charge in [-0.1, -0.05) is 24.4 Å². The second-order valence-electron chi connectivity index (χ2n) is 9.63. The molecule has 4 amide bonds. The molecule has 1 aromatic carbocycles. The molecule has 3 N–H and O–H groups in total. The zero-order valence-corrected chi connectivity index (χ0v) is 21.4. The van der Waals surface area contributed by atoms with Crippen molar-refractivity contribution in [3.8, 4) is 11.6 Å². The minimum atomic E-state index is -0.253. The minimum absolute atomic E-state index is 0.0122. The molecular formula is C27H28N6O4S. The molecule has 3 fully saturated rings. The standard InChI is InChI=1S/C27H28N6O4S/c1-2-21(34)32-14-11-16(15-32)30-25(35)24-23-22-19(10-13-29-26(22)38-24)33(27(36)31-23)17-6-8-18(9-7-17)37-20-5-3-4-12-28-20/h2-9,12,16,19,22,26,29H,1,10-11,13-15H2,(H,30,35)(H,31,36)/t16-,19?,22?,26?/m1/s1. The van der Waals surface area contributed by atoms with Crippen LogP contribution in [0.4, 0.5) is 10.5 Å². The van der Waals surface area contributed by atoms with Crippen molar-refractivity contribution in [1.82, 2.24) is 25.8 Å². The average molecular weight is 533 g/mol. The van der Waals surface area contributed by atoms with Crippen molar-refractivity contribution >= 4 is 35.3 Å². The smallest absolute Gasteiger partial charge is 0.326 e. The van der Waals surface area contributed by atoms with Crippen LogP contribution in [-0.4, -0.2) is 64.8 Å². The van der Waals surface area contributed by atoms with Crippen molar-refractivity contribution in [2.24, 2.45) is 5.92 Å². The highest BCUT2D eigenvalue weighted by Crippen LogP contribution is 2.48. The first-order chi connectivity index (χ1) is 18.5. The van der Waals surface area contributed by atoms with Crippen LogP contribution in [0.2, 0.25) is 0 Å². The Bertz CT molecular complexity index is 1300. The van der Waals surface area contributed by atoms with Gasteiger partial charge in [-0.15, -0.1) is 0 Å². The number of aromatic nitrogens is 1. The Balaban J connectivity index is 1.19. The highest BCUT2D eigenvalue weighted by molar-refractivity contribution is 8.04. The van der Waals surface area contributed by atoms with Crippen LogP contribution in [0.15, 0.2) is 71.9 Å². The van der Waals surface area contributed by atoms with E-state index in [0.717, 1.165) is 18.7 Å². The molecule has 10 nitrogen and oxygen atoms in total. The Morgan fingerprint density at radius 2 is 2.03 bits per heavy atom. The number of urea groups is 1. The first kappa shape index (κ1) is 24.5. The van der Waals surface area contributed by atoms with Gasteiger partial charge in [0.1, 0.15) is 5.75 Å². The quantitative estimate of drug-likeness (QED) is 0.490. The van der Waals surface area contributed by atoms with Crippen molar-refractivity contribution in [3.63, 3.8) is 0 Å². The normalized spacial score (nSPS) is 26.1. The lowest BCUT2D eigenvalue weighted by molar-refractivity contribution is -0.125. The number of carbonyl (C=O) groups excluding carboxylic acids is 3. The van der Waals surface area contributed by atoms with Crippen molar-refractivity contribution in [1.29, 1.82) is 0 Å². The lowest BCUT2D eigenvalue weighted by Gasteiger charge is -2.45. The number of rotatable bonds is 6. The van der Waals surface area contributed by atoms with E-state index in [9.17, 15) is 14.4 Å². The third-order valence-corrected chi connectivity index (χ3v) is 8.69. The fourth-order valence-electron chi connectivity index (χ4n) is 5.58. The summed E-state index contributed by atoms with van der Waals surface area (Å²) in [5.74, 6) is 0.748. The van der Waals surface area contributed by atoms with Crippen molar-refractivity contribution in [3.05, 3.63) is 71.9 Å². The molecule has 4 aliphatic heterocycles. The van der Waals surface area contributed by atoms with Crippen LogP contribution in [0.5, 0.6) is 11.6 Å². The Morgan fingerprint density at radius 1 is 1.18 bits per heavy atom. The number of amides is 4. The summed E-state index contributed by atoms with van der Waals surface area (Å²) in [5.41, 5.74) is 1.45. The summed E-state index contributed by atoms with van der Waals surface area (Å²) in [6, 6.07) is 12.4. The maximum absolute atomic E-state index is 13.4. The Morgan fingerprint density at radius 3 is 2.79 bits per heavy atom. The van der Waals surface area contributed by atoms with Crippen molar-refractivity contribution in [2.75, 3.05) is 24.5 Å². The zero-order chi connectivity index (χ0) is 26.2. The number of piperidine rings is 1. The van der Waals surface area contributed by atoms with Crippen LogP contribution in [0.3, 0.4) is 0 Å². The number of pyridine rings is 1. The van der Waals surface area contributed by atoms with E-state index in [0.29, 0.717) is 41.7 Å². The van der Waals surface area contributed by atoms with Crippen molar-refractivity contribution in [2.45, 2.75) is 30.3 Å². The molecular weight excluding hydrogens is 504 g/mol. The molecule has 5 heterocycles. The number of carbonyl (C=O) groups is 3. The van der Waals surface area contributed by atoms with Gasteiger partial charge in [-0.3, -0.25) is 14.5 Å². The number of hydrogen-bond acceptors (Lipinski definition) is 7. The van der Waals surface area contributed by atoms with E-state index < -0.39 is 0 Å². The number of anilines is 1. The van der Waals surface area contributed by atoms with E-state index >= 15 is 0 Å². The Labute approximate surface area is 224 Å². The van der Waals surface area contributed by atoms with Gasteiger partial charge in [-0.25, -0.2) is 9.78 Å². The first-order valence-corrected chi connectivity index (χ1v) is 13.6. The van der Waals surface area contributed by atoms with Crippen LogP contribution in [-0.2, 0) is 9.59 Å². The molecule has 2 aromatic rings. The Kier molecular flexibility index (Phi) is 6.54. The summed E-state index contributed by atoms with van der Waals surface area (Å²) < 4.78 is 5.80. The maximum atomic E-state index is 13.4. The molecule has 0 aliphatic carbocycles. The molecule has 0 radical (unpaired) electrons. The van der Waals surface area contributed by atoms with Crippen LogP contribution in [0, 0.1) is 5.92 Å². The predicted octanol–water partition coefficient (Wildman–Crippen LogP) is 2.57. The lowest BCUT2D eigenvalue weighted by Crippen LogP contribution is -2.62. The van der Waals surface area contributed by atoms with Gasteiger partial charge in [0.15, 0.2) is 0 Å².